The number of likely N-dealkylation sites (tertiary alicyclic amines) is 1. The van der Waals surface area contributed by atoms with Gasteiger partial charge < -0.3 is 24.4 Å². The van der Waals surface area contributed by atoms with Gasteiger partial charge in [-0.15, -0.1) is 0 Å². The number of carbonyl (C=O) groups is 5. The quantitative estimate of drug-likeness (QED) is 0.310. The van der Waals surface area contributed by atoms with Crippen molar-refractivity contribution in [3.05, 3.63) is 12.2 Å². The highest BCUT2D eigenvalue weighted by Gasteiger charge is 2.41. The molecule has 1 aliphatic rings. The van der Waals surface area contributed by atoms with E-state index in [1.54, 1.807) is 27.8 Å². The minimum absolute atomic E-state index is 0.206. The van der Waals surface area contributed by atoms with Crippen molar-refractivity contribution in [1.29, 1.82) is 0 Å². The molecule has 1 N–H and O–H groups in total. The van der Waals surface area contributed by atoms with Crippen LogP contribution in [0.1, 0.15) is 60.3 Å². The van der Waals surface area contributed by atoms with Crippen molar-refractivity contribution in [2.45, 2.75) is 71.9 Å². The first-order valence-electron chi connectivity index (χ1n) is 11.0. The molecule has 10 heteroatoms. The van der Waals surface area contributed by atoms with Crippen molar-refractivity contribution in [3.63, 3.8) is 0 Å². The third-order valence-corrected chi connectivity index (χ3v) is 5.02. The molecule has 10 nitrogen and oxygen atoms in total. The lowest BCUT2D eigenvalue weighted by molar-refractivity contribution is -0.159. The summed E-state index contributed by atoms with van der Waals surface area (Å²) in [6.07, 6.45) is 4.25. The molecular weight excluding hydrogens is 432 g/mol. The number of aliphatic carboxylic acids is 1. The van der Waals surface area contributed by atoms with E-state index in [2.05, 4.69) is 0 Å². The van der Waals surface area contributed by atoms with Gasteiger partial charge in [0.2, 0.25) is 5.78 Å². The Morgan fingerprint density at radius 1 is 1.09 bits per heavy atom. The van der Waals surface area contributed by atoms with Gasteiger partial charge in [0.25, 0.3) is 5.91 Å². The standard InChI is InChI=1S/C23H36N2O8/c1-22(2,3)33-21(31)24(6)13-9-8-12-17(26)32-15-23(4,5)18(27)19(28)25-14-10-7-11-16(25)20(29)30/h8,12,16H,7,9-11,13-15H2,1-6H3,(H,29,30)/b12-8+/t16-/m0/s1. The van der Waals surface area contributed by atoms with Crippen LogP contribution in [0.2, 0.25) is 0 Å². The Balaban J connectivity index is 2.53. The van der Waals surface area contributed by atoms with Gasteiger partial charge >= 0.3 is 18.0 Å². The van der Waals surface area contributed by atoms with E-state index in [0.29, 0.717) is 32.2 Å². The minimum Gasteiger partial charge on any atom is -0.480 e. The summed E-state index contributed by atoms with van der Waals surface area (Å²) in [6, 6.07) is -1.02. The van der Waals surface area contributed by atoms with Crippen LogP contribution in [-0.4, -0.2) is 83.0 Å². The third kappa shape index (κ3) is 9.23. The van der Waals surface area contributed by atoms with E-state index < -0.39 is 46.8 Å². The van der Waals surface area contributed by atoms with Gasteiger partial charge in [0, 0.05) is 26.2 Å². The Bertz CT molecular complexity index is 782. The van der Waals surface area contributed by atoms with E-state index >= 15 is 0 Å². The molecule has 0 saturated carbocycles. The minimum atomic E-state index is -1.31. The summed E-state index contributed by atoms with van der Waals surface area (Å²) in [6.45, 7) is 8.46. The maximum atomic E-state index is 12.7. The summed E-state index contributed by atoms with van der Waals surface area (Å²) in [4.78, 5) is 63.1. The van der Waals surface area contributed by atoms with Crippen molar-refractivity contribution in [1.82, 2.24) is 9.80 Å². The molecule has 0 bridgehead atoms. The van der Waals surface area contributed by atoms with Gasteiger partial charge in [0.05, 0.1) is 5.41 Å². The maximum Gasteiger partial charge on any atom is 0.410 e. The highest BCUT2D eigenvalue weighted by atomic mass is 16.6. The predicted molar refractivity (Wildman–Crippen MR) is 119 cm³/mol. The zero-order chi connectivity index (χ0) is 25.4. The van der Waals surface area contributed by atoms with E-state index in [9.17, 15) is 29.1 Å². The Morgan fingerprint density at radius 2 is 1.73 bits per heavy atom. The van der Waals surface area contributed by atoms with Crippen molar-refractivity contribution < 1.29 is 38.6 Å². The van der Waals surface area contributed by atoms with Crippen LogP contribution in [0.4, 0.5) is 4.79 Å². The molecule has 0 spiro atoms. The summed E-state index contributed by atoms with van der Waals surface area (Å²) in [7, 11) is 1.59. The number of carboxylic acids is 1. The first-order chi connectivity index (χ1) is 15.2. The molecular formula is C23H36N2O8. The summed E-state index contributed by atoms with van der Waals surface area (Å²) in [5, 5.41) is 9.32. The van der Waals surface area contributed by atoms with Gasteiger partial charge in [-0.2, -0.15) is 0 Å². The number of piperidine rings is 1. The number of carboxylic acid groups (broad SMARTS) is 1. The number of hydrogen-bond donors (Lipinski definition) is 1. The van der Waals surface area contributed by atoms with Crippen LogP contribution in [0.15, 0.2) is 12.2 Å². The highest BCUT2D eigenvalue weighted by Crippen LogP contribution is 2.23. The van der Waals surface area contributed by atoms with E-state index in [1.165, 1.54) is 30.9 Å². The molecule has 0 unspecified atom stereocenters. The zero-order valence-corrected chi connectivity index (χ0v) is 20.4. The fourth-order valence-electron chi connectivity index (χ4n) is 3.10. The third-order valence-electron chi connectivity index (χ3n) is 5.02. The van der Waals surface area contributed by atoms with Crippen molar-refractivity contribution in [2.75, 3.05) is 26.7 Å². The van der Waals surface area contributed by atoms with Crippen LogP contribution in [0.3, 0.4) is 0 Å². The van der Waals surface area contributed by atoms with Gasteiger partial charge in [0.1, 0.15) is 18.2 Å². The number of ether oxygens (including phenoxy) is 2. The summed E-state index contributed by atoms with van der Waals surface area (Å²) in [5.74, 6) is -3.50. The molecule has 0 radical (unpaired) electrons. The van der Waals surface area contributed by atoms with Gasteiger partial charge in [-0.05, 0) is 60.3 Å². The molecule has 1 heterocycles. The molecule has 33 heavy (non-hydrogen) atoms. The zero-order valence-electron chi connectivity index (χ0n) is 20.4. The van der Waals surface area contributed by atoms with Crippen LogP contribution >= 0.6 is 0 Å². The first-order valence-corrected chi connectivity index (χ1v) is 11.0. The van der Waals surface area contributed by atoms with Crippen LogP contribution in [0, 0.1) is 5.41 Å². The predicted octanol–water partition coefficient (Wildman–Crippen LogP) is 2.40. The number of amides is 2. The number of hydrogen-bond acceptors (Lipinski definition) is 7. The number of carbonyl (C=O) groups excluding carboxylic acids is 4. The van der Waals surface area contributed by atoms with Crippen LogP contribution < -0.4 is 0 Å². The molecule has 186 valence electrons. The molecule has 1 saturated heterocycles. The molecule has 1 atom stereocenters. The lowest BCUT2D eigenvalue weighted by atomic mass is 9.87. The van der Waals surface area contributed by atoms with E-state index in [-0.39, 0.29) is 13.2 Å². The number of Topliss-reactive ketones (excluding diaryl/α,β-unsaturated/α-hetero) is 1. The molecule has 1 rings (SSSR count). The Morgan fingerprint density at radius 3 is 2.30 bits per heavy atom. The molecule has 0 aliphatic carbocycles. The van der Waals surface area contributed by atoms with E-state index in [0.717, 1.165) is 4.90 Å². The van der Waals surface area contributed by atoms with E-state index in [4.69, 9.17) is 9.47 Å². The fraction of sp³-hybridized carbons (Fsp3) is 0.696. The molecule has 0 aromatic rings. The first kappa shape index (κ1) is 28.1. The topological polar surface area (TPSA) is 131 Å². The molecule has 1 aliphatic heterocycles. The number of esters is 1. The van der Waals surface area contributed by atoms with Crippen LogP contribution in [-0.2, 0) is 28.7 Å². The second kappa shape index (κ2) is 11.8. The fourth-order valence-corrected chi connectivity index (χ4v) is 3.10. The second-order valence-corrected chi connectivity index (χ2v) is 9.76. The van der Waals surface area contributed by atoms with Gasteiger partial charge in [0.15, 0.2) is 0 Å². The van der Waals surface area contributed by atoms with Crippen molar-refractivity contribution >= 4 is 29.7 Å². The molecule has 1 fully saturated rings. The normalized spacial score (nSPS) is 16.9. The Hall–Kier alpha value is -2.91. The number of ketones is 1. The molecule has 0 aromatic carbocycles. The Labute approximate surface area is 194 Å². The second-order valence-electron chi connectivity index (χ2n) is 9.76. The van der Waals surface area contributed by atoms with Crippen molar-refractivity contribution in [2.24, 2.45) is 5.41 Å². The van der Waals surface area contributed by atoms with Crippen LogP contribution in [0.5, 0.6) is 0 Å². The van der Waals surface area contributed by atoms with Crippen molar-refractivity contribution in [3.8, 4) is 0 Å². The number of rotatable bonds is 9. The summed E-state index contributed by atoms with van der Waals surface area (Å²) >= 11 is 0. The average Bonchev–Trinajstić information content (AvgIpc) is 2.72. The molecule has 0 aromatic heterocycles. The van der Waals surface area contributed by atoms with E-state index in [1.807, 2.05) is 0 Å². The van der Waals surface area contributed by atoms with Gasteiger partial charge in [-0.3, -0.25) is 9.59 Å². The lowest BCUT2D eigenvalue weighted by Gasteiger charge is -2.34. The largest absolute Gasteiger partial charge is 0.480 e. The Kier molecular flexibility index (Phi) is 10.1. The number of nitrogens with zero attached hydrogens (tertiary/aromatic N) is 2. The lowest BCUT2D eigenvalue weighted by Crippen LogP contribution is -2.53. The smallest absolute Gasteiger partial charge is 0.410 e. The summed E-state index contributed by atoms with van der Waals surface area (Å²) < 4.78 is 10.4. The van der Waals surface area contributed by atoms with Crippen LogP contribution in [0.25, 0.3) is 0 Å². The average molecular weight is 469 g/mol. The highest BCUT2D eigenvalue weighted by molar-refractivity contribution is 6.38. The maximum absolute atomic E-state index is 12.7. The summed E-state index contributed by atoms with van der Waals surface area (Å²) in [5.41, 5.74) is -1.91. The van der Waals surface area contributed by atoms with Gasteiger partial charge in [-0.1, -0.05) is 6.08 Å². The monoisotopic (exact) mass is 468 g/mol. The SMILES string of the molecule is CN(CC/C=C/C(=O)OCC(C)(C)C(=O)C(=O)N1CCCC[C@H]1C(=O)O)C(=O)OC(C)(C)C. The molecule has 2 amide bonds. The van der Waals surface area contributed by atoms with Gasteiger partial charge in [-0.25, -0.2) is 14.4 Å².